The summed E-state index contributed by atoms with van der Waals surface area (Å²) in [4.78, 5) is 56.5. The fourth-order valence-electron chi connectivity index (χ4n) is 6.97. The second kappa shape index (κ2) is 9.77. The van der Waals surface area contributed by atoms with Crippen LogP contribution < -0.4 is 15.0 Å². The highest BCUT2D eigenvalue weighted by molar-refractivity contribution is 6.18. The van der Waals surface area contributed by atoms with Crippen molar-refractivity contribution in [2.75, 3.05) is 17.3 Å². The first-order valence-electron chi connectivity index (χ1n) is 13.8. The molecule has 9 heteroatoms. The molecule has 4 atom stereocenters. The van der Waals surface area contributed by atoms with Crippen molar-refractivity contribution in [1.29, 1.82) is 0 Å². The summed E-state index contributed by atoms with van der Waals surface area (Å²) in [5.74, 6) is -1.72. The van der Waals surface area contributed by atoms with Gasteiger partial charge >= 0.3 is 0 Å². The van der Waals surface area contributed by atoms with E-state index in [0.29, 0.717) is 22.6 Å². The lowest BCUT2D eigenvalue weighted by atomic mass is 9.64. The molecule has 212 valence electrons. The Hall–Kier alpha value is -5.57. The summed E-state index contributed by atoms with van der Waals surface area (Å²) in [6, 6.07) is 25.0. The second-order valence-corrected chi connectivity index (χ2v) is 10.8. The van der Waals surface area contributed by atoms with Gasteiger partial charge in [-0.3, -0.25) is 24.5 Å². The van der Waals surface area contributed by atoms with Gasteiger partial charge in [0.1, 0.15) is 17.2 Å². The minimum atomic E-state index is -1.45. The molecule has 1 spiro atoms. The lowest BCUT2D eigenvalue weighted by molar-refractivity contribution is -0.384. The number of ether oxygens (including phenoxy) is 1. The molecule has 0 aliphatic carbocycles. The number of amides is 1. The monoisotopic (exact) mass is 571 g/mol. The van der Waals surface area contributed by atoms with Crippen LogP contribution in [0.15, 0.2) is 103 Å². The predicted molar refractivity (Wildman–Crippen MR) is 161 cm³/mol. The Labute approximate surface area is 246 Å². The maximum atomic E-state index is 14.8. The van der Waals surface area contributed by atoms with Crippen LogP contribution in [0.25, 0.3) is 6.08 Å². The molecule has 3 aliphatic heterocycles. The zero-order chi connectivity index (χ0) is 29.9. The van der Waals surface area contributed by atoms with Crippen LogP contribution in [-0.2, 0) is 10.2 Å². The van der Waals surface area contributed by atoms with Crippen molar-refractivity contribution in [3.05, 3.63) is 136 Å². The van der Waals surface area contributed by atoms with Crippen LogP contribution in [0.3, 0.4) is 0 Å². The number of carbonyl (C=O) groups is 3. The number of nitro groups is 1. The van der Waals surface area contributed by atoms with Gasteiger partial charge in [0.25, 0.3) is 5.69 Å². The van der Waals surface area contributed by atoms with E-state index < -0.39 is 34.1 Å². The van der Waals surface area contributed by atoms with Crippen molar-refractivity contribution in [2.45, 2.75) is 17.5 Å². The van der Waals surface area contributed by atoms with E-state index in [2.05, 4.69) is 5.32 Å². The molecule has 1 fully saturated rings. The number of nitrogens with zero attached hydrogens (tertiary/aromatic N) is 2. The molecular weight excluding hydrogens is 546 g/mol. The molecule has 4 aromatic rings. The summed E-state index contributed by atoms with van der Waals surface area (Å²) in [5, 5.41) is 14.3. The van der Waals surface area contributed by atoms with E-state index >= 15 is 0 Å². The summed E-state index contributed by atoms with van der Waals surface area (Å²) in [5.41, 5.74) is 1.74. The number of anilines is 2. The number of Topliss-reactive ketones (excluding diaryl/α,β-unsaturated/α-hetero) is 2. The molecule has 0 aromatic heterocycles. The van der Waals surface area contributed by atoms with Gasteiger partial charge in [-0.1, -0.05) is 48.6 Å². The number of rotatable bonds is 6. The number of non-ortho nitro benzene ring substituents is 1. The molecule has 0 bridgehead atoms. The van der Waals surface area contributed by atoms with E-state index in [4.69, 9.17) is 4.74 Å². The first-order valence-corrected chi connectivity index (χ1v) is 13.8. The number of benzene rings is 4. The number of ketones is 2. The van der Waals surface area contributed by atoms with Crippen LogP contribution in [0.5, 0.6) is 5.75 Å². The number of nitro benzene ring substituents is 1. The molecule has 9 nitrogen and oxygen atoms in total. The summed E-state index contributed by atoms with van der Waals surface area (Å²) >= 11 is 0. The summed E-state index contributed by atoms with van der Waals surface area (Å²) < 4.78 is 5.30. The molecule has 1 amide bonds. The largest absolute Gasteiger partial charge is 0.497 e. The van der Waals surface area contributed by atoms with Crippen LogP contribution in [-0.4, -0.2) is 41.6 Å². The third-order valence-corrected chi connectivity index (χ3v) is 8.83. The number of para-hydroxylation sites is 2. The van der Waals surface area contributed by atoms with Crippen LogP contribution in [0.2, 0.25) is 0 Å². The highest BCUT2D eigenvalue weighted by Gasteiger charge is 2.70. The van der Waals surface area contributed by atoms with Gasteiger partial charge in [-0.25, -0.2) is 0 Å². The van der Waals surface area contributed by atoms with Crippen molar-refractivity contribution in [3.8, 4) is 5.75 Å². The molecule has 4 aromatic carbocycles. The molecule has 43 heavy (non-hydrogen) atoms. The molecule has 0 unspecified atom stereocenters. The molecule has 7 rings (SSSR count). The summed E-state index contributed by atoms with van der Waals surface area (Å²) in [6.45, 7) is 0. The molecule has 3 aliphatic rings. The predicted octanol–water partition coefficient (Wildman–Crippen LogP) is 5.46. The van der Waals surface area contributed by atoms with Crippen LogP contribution in [0.1, 0.15) is 31.8 Å². The van der Waals surface area contributed by atoms with Gasteiger partial charge in [-0.15, -0.1) is 0 Å². The van der Waals surface area contributed by atoms with Gasteiger partial charge in [-0.05, 0) is 59.7 Å². The van der Waals surface area contributed by atoms with Crippen molar-refractivity contribution in [1.82, 2.24) is 0 Å². The minimum Gasteiger partial charge on any atom is -0.497 e. The van der Waals surface area contributed by atoms with Crippen molar-refractivity contribution in [2.24, 2.45) is 5.92 Å². The third kappa shape index (κ3) is 3.74. The zero-order valence-corrected chi connectivity index (χ0v) is 23.0. The number of hydrogen-bond acceptors (Lipinski definition) is 7. The van der Waals surface area contributed by atoms with Gasteiger partial charge in [0.2, 0.25) is 5.91 Å². The number of hydrogen-bond donors (Lipinski definition) is 1. The quantitative estimate of drug-likeness (QED) is 0.185. The highest BCUT2D eigenvalue weighted by atomic mass is 16.6. The van der Waals surface area contributed by atoms with Gasteiger partial charge in [0, 0.05) is 34.6 Å². The summed E-state index contributed by atoms with van der Waals surface area (Å²) in [6.07, 6.45) is 3.83. The van der Waals surface area contributed by atoms with E-state index in [1.807, 2.05) is 59.5 Å². The fraction of sp³-hybridized carbons (Fsp3) is 0.147. The second-order valence-electron chi connectivity index (χ2n) is 10.8. The maximum absolute atomic E-state index is 14.8. The highest BCUT2D eigenvalue weighted by Crippen LogP contribution is 2.58. The number of methoxy groups -OCH3 is 1. The summed E-state index contributed by atoms with van der Waals surface area (Å²) in [7, 11) is 1.53. The van der Waals surface area contributed by atoms with Gasteiger partial charge in [0.05, 0.1) is 24.0 Å². The van der Waals surface area contributed by atoms with E-state index in [1.54, 1.807) is 30.3 Å². The van der Waals surface area contributed by atoms with Gasteiger partial charge in [0.15, 0.2) is 11.6 Å². The van der Waals surface area contributed by atoms with E-state index in [-0.39, 0.29) is 22.9 Å². The number of fused-ring (bicyclic) bond motifs is 6. The van der Waals surface area contributed by atoms with Gasteiger partial charge < -0.3 is 15.0 Å². The van der Waals surface area contributed by atoms with E-state index in [9.17, 15) is 24.5 Å². The number of carbonyl (C=O) groups excluding carboxylic acids is 3. The Bertz CT molecular complexity index is 1850. The normalized spacial score (nSPS) is 22.9. The Morgan fingerprint density at radius 3 is 2.26 bits per heavy atom. The third-order valence-electron chi connectivity index (χ3n) is 8.83. The average Bonchev–Trinajstić information content (AvgIpc) is 3.52. The fourth-order valence-corrected chi connectivity index (χ4v) is 6.97. The van der Waals surface area contributed by atoms with Crippen molar-refractivity contribution >= 4 is 40.6 Å². The Morgan fingerprint density at radius 1 is 0.884 bits per heavy atom. The number of nitrogens with one attached hydrogen (secondary N) is 1. The minimum absolute atomic E-state index is 0.154. The van der Waals surface area contributed by atoms with Crippen LogP contribution in [0, 0.1) is 16.0 Å². The first kappa shape index (κ1) is 26.3. The van der Waals surface area contributed by atoms with E-state index in [1.165, 1.54) is 31.4 Å². The van der Waals surface area contributed by atoms with Crippen LogP contribution in [0.4, 0.5) is 17.1 Å². The lowest BCUT2D eigenvalue weighted by Gasteiger charge is -2.37. The van der Waals surface area contributed by atoms with Gasteiger partial charge in [-0.2, -0.15) is 0 Å². The Balaban J connectivity index is 1.50. The first-order chi connectivity index (χ1) is 20.9. The maximum Gasteiger partial charge on any atom is 0.269 e. The zero-order valence-electron chi connectivity index (χ0n) is 23.0. The van der Waals surface area contributed by atoms with Crippen molar-refractivity contribution in [3.63, 3.8) is 0 Å². The van der Waals surface area contributed by atoms with Crippen molar-refractivity contribution < 1.29 is 24.0 Å². The molecule has 1 N–H and O–H groups in total. The molecule has 0 radical (unpaired) electrons. The smallest absolute Gasteiger partial charge is 0.269 e. The standard InChI is InChI=1S/C34H25N3O6/c1-43-24-17-12-21(13-18-24)31(38)29-30(32(39)22-10-15-23(16-11-22)37(41)42)36-27-9-5-2-6-20(27)14-19-28(36)34(29)25-7-3-4-8-26(25)35-33(34)40/h2-19,28-30H,1H3,(H,35,40)/t28-,29-,30+,34+/m1/s1. The lowest BCUT2D eigenvalue weighted by Crippen LogP contribution is -2.51. The average molecular weight is 572 g/mol. The Kier molecular flexibility index (Phi) is 5.98. The molecular formula is C34H25N3O6. The van der Waals surface area contributed by atoms with Crippen LogP contribution >= 0.6 is 0 Å². The molecule has 1 saturated heterocycles. The molecule has 0 saturated carbocycles. The van der Waals surface area contributed by atoms with E-state index in [0.717, 1.165) is 11.3 Å². The topological polar surface area (TPSA) is 119 Å². The SMILES string of the molecule is COc1ccc(C(=O)[C@H]2[C@@H](C(=O)c3ccc([N+](=O)[O-])cc3)N3c4ccccc4C=C[C@@H]3[C@]23C(=O)Nc2ccccc23)cc1. The molecule has 3 heterocycles. The Morgan fingerprint density at radius 2 is 1.53 bits per heavy atom.